The molecule has 1 aromatic heterocycles. The van der Waals surface area contributed by atoms with Crippen LogP contribution in [0.25, 0.3) is 0 Å². The molecule has 2 fully saturated rings. The number of hydrogen-bond acceptors (Lipinski definition) is 6. The van der Waals surface area contributed by atoms with Crippen LogP contribution in [-0.2, 0) is 16.1 Å². The second kappa shape index (κ2) is 6.98. The van der Waals surface area contributed by atoms with Crippen LogP contribution in [0.4, 0.5) is 5.69 Å². The van der Waals surface area contributed by atoms with E-state index in [1.54, 1.807) is 12.1 Å². The molecular formula is C20H22N6O3. The molecule has 2 heterocycles. The predicted octanol–water partition coefficient (Wildman–Crippen LogP) is 1.83. The normalized spacial score (nSPS) is 21.2. The number of hydrogen-bond donors (Lipinski definition) is 2. The van der Waals surface area contributed by atoms with Crippen LogP contribution < -0.4 is 10.3 Å². The molecule has 2 aliphatic carbocycles. The first kappa shape index (κ1) is 17.8. The van der Waals surface area contributed by atoms with E-state index in [9.17, 15) is 14.7 Å². The Bertz CT molecular complexity index is 977. The summed E-state index contributed by atoms with van der Waals surface area (Å²) in [6, 6.07) is 8.57. The van der Waals surface area contributed by atoms with E-state index in [0.29, 0.717) is 17.6 Å². The molecule has 9 heteroatoms. The standard InChI is InChI=1S/C20H22N6O3/c27-19(15-10-16(20(28)29)26(24-15)14-4-2-1-3-5-14)21-11-17-22-23-18(12-6-7-12)25(17)13-8-9-13/h1-5,12-13,16H,6-11H2,(H,21,27)(H,28,29). The third-order valence-electron chi connectivity index (χ3n) is 5.53. The zero-order valence-corrected chi connectivity index (χ0v) is 15.9. The van der Waals surface area contributed by atoms with Crippen LogP contribution >= 0.6 is 0 Å². The molecule has 150 valence electrons. The van der Waals surface area contributed by atoms with Crippen molar-refractivity contribution < 1.29 is 14.7 Å². The highest BCUT2D eigenvalue weighted by Crippen LogP contribution is 2.44. The molecule has 29 heavy (non-hydrogen) atoms. The number of carbonyl (C=O) groups excluding carboxylic acids is 1. The highest BCUT2D eigenvalue weighted by molar-refractivity contribution is 6.40. The Labute approximate surface area is 167 Å². The van der Waals surface area contributed by atoms with Gasteiger partial charge in [0.25, 0.3) is 5.91 Å². The minimum Gasteiger partial charge on any atom is -0.480 e. The van der Waals surface area contributed by atoms with Crippen molar-refractivity contribution >= 4 is 23.3 Å². The van der Waals surface area contributed by atoms with Gasteiger partial charge in [0.15, 0.2) is 11.9 Å². The first-order chi connectivity index (χ1) is 14.1. The lowest BCUT2D eigenvalue weighted by Gasteiger charge is -2.19. The van der Waals surface area contributed by atoms with E-state index in [2.05, 4.69) is 25.2 Å². The zero-order valence-electron chi connectivity index (χ0n) is 15.9. The molecule has 1 aromatic carbocycles. The van der Waals surface area contributed by atoms with Crippen molar-refractivity contribution in [1.29, 1.82) is 0 Å². The minimum atomic E-state index is -1.01. The molecule has 2 aromatic rings. The maximum absolute atomic E-state index is 12.7. The van der Waals surface area contributed by atoms with Crippen LogP contribution in [0.2, 0.25) is 0 Å². The molecular weight excluding hydrogens is 372 g/mol. The summed E-state index contributed by atoms with van der Waals surface area (Å²) in [5.41, 5.74) is 0.853. The fraction of sp³-hybridized carbons (Fsp3) is 0.450. The van der Waals surface area contributed by atoms with Gasteiger partial charge in [-0.05, 0) is 37.8 Å². The number of carboxylic acid groups (broad SMARTS) is 1. The van der Waals surface area contributed by atoms with Gasteiger partial charge >= 0.3 is 5.97 Å². The molecule has 1 aliphatic heterocycles. The van der Waals surface area contributed by atoms with Crippen molar-refractivity contribution in [1.82, 2.24) is 20.1 Å². The number of amides is 1. The van der Waals surface area contributed by atoms with Gasteiger partial charge in [0.05, 0.1) is 12.2 Å². The van der Waals surface area contributed by atoms with E-state index in [0.717, 1.165) is 37.3 Å². The summed E-state index contributed by atoms with van der Waals surface area (Å²) in [4.78, 5) is 24.4. The number of benzene rings is 1. The molecule has 1 atom stereocenters. The number of rotatable bonds is 7. The van der Waals surface area contributed by atoms with E-state index in [1.807, 2.05) is 18.2 Å². The summed E-state index contributed by atoms with van der Waals surface area (Å²) in [6.07, 6.45) is 4.61. The number of anilines is 1. The predicted molar refractivity (Wildman–Crippen MR) is 105 cm³/mol. The molecule has 5 rings (SSSR count). The van der Waals surface area contributed by atoms with Gasteiger partial charge in [-0.15, -0.1) is 10.2 Å². The molecule has 3 aliphatic rings. The Balaban J connectivity index is 1.30. The van der Waals surface area contributed by atoms with Crippen LogP contribution in [0.15, 0.2) is 35.4 Å². The van der Waals surface area contributed by atoms with E-state index >= 15 is 0 Å². The average Bonchev–Trinajstić information content (AvgIpc) is 3.66. The van der Waals surface area contributed by atoms with Crippen molar-refractivity contribution in [2.45, 2.75) is 56.7 Å². The van der Waals surface area contributed by atoms with E-state index in [1.165, 1.54) is 5.01 Å². The van der Waals surface area contributed by atoms with Crippen LogP contribution in [0, 0.1) is 0 Å². The van der Waals surface area contributed by atoms with Crippen molar-refractivity contribution in [2.75, 3.05) is 5.01 Å². The van der Waals surface area contributed by atoms with Crippen LogP contribution in [-0.4, -0.2) is 43.5 Å². The number of nitrogens with zero attached hydrogens (tertiary/aromatic N) is 5. The topological polar surface area (TPSA) is 113 Å². The van der Waals surface area contributed by atoms with Gasteiger partial charge in [-0.3, -0.25) is 9.80 Å². The van der Waals surface area contributed by atoms with E-state index < -0.39 is 12.0 Å². The fourth-order valence-electron chi connectivity index (χ4n) is 3.73. The van der Waals surface area contributed by atoms with Gasteiger partial charge in [-0.2, -0.15) is 5.10 Å². The number of para-hydroxylation sites is 1. The highest BCUT2D eigenvalue weighted by atomic mass is 16.4. The molecule has 0 radical (unpaired) electrons. The smallest absolute Gasteiger partial charge is 0.328 e. The number of nitrogens with one attached hydrogen (secondary N) is 1. The number of aliphatic carboxylic acids is 1. The van der Waals surface area contributed by atoms with Gasteiger partial charge in [0.1, 0.15) is 11.5 Å². The number of carboxylic acids is 1. The van der Waals surface area contributed by atoms with Gasteiger partial charge in [0, 0.05) is 18.4 Å². The second-order valence-corrected chi connectivity index (χ2v) is 7.82. The molecule has 9 nitrogen and oxygen atoms in total. The van der Waals surface area contributed by atoms with E-state index in [4.69, 9.17) is 0 Å². The Kier molecular flexibility index (Phi) is 4.30. The molecule has 2 saturated carbocycles. The monoisotopic (exact) mass is 394 g/mol. The average molecular weight is 394 g/mol. The Morgan fingerprint density at radius 3 is 2.52 bits per heavy atom. The van der Waals surface area contributed by atoms with Gasteiger partial charge in [-0.1, -0.05) is 18.2 Å². The Morgan fingerprint density at radius 2 is 1.86 bits per heavy atom. The molecule has 0 bridgehead atoms. The lowest BCUT2D eigenvalue weighted by Crippen LogP contribution is -2.35. The number of aromatic nitrogens is 3. The lowest BCUT2D eigenvalue weighted by molar-refractivity contribution is -0.138. The Morgan fingerprint density at radius 1 is 1.10 bits per heavy atom. The quantitative estimate of drug-likeness (QED) is 0.741. The summed E-state index contributed by atoms with van der Waals surface area (Å²) in [6.45, 7) is 0.261. The number of carbonyl (C=O) groups is 2. The van der Waals surface area contributed by atoms with Crippen LogP contribution in [0.3, 0.4) is 0 Å². The molecule has 1 unspecified atom stereocenters. The third-order valence-corrected chi connectivity index (χ3v) is 5.53. The molecule has 0 spiro atoms. The van der Waals surface area contributed by atoms with Gasteiger partial charge in [-0.25, -0.2) is 4.79 Å². The van der Waals surface area contributed by atoms with Gasteiger partial charge in [0.2, 0.25) is 0 Å². The highest BCUT2D eigenvalue weighted by Gasteiger charge is 2.38. The molecule has 1 amide bonds. The first-order valence-electron chi connectivity index (χ1n) is 9.98. The maximum Gasteiger partial charge on any atom is 0.328 e. The van der Waals surface area contributed by atoms with E-state index in [-0.39, 0.29) is 24.6 Å². The summed E-state index contributed by atoms with van der Waals surface area (Å²) >= 11 is 0. The van der Waals surface area contributed by atoms with Crippen LogP contribution in [0.1, 0.15) is 55.7 Å². The van der Waals surface area contributed by atoms with Crippen molar-refractivity contribution in [3.63, 3.8) is 0 Å². The molecule has 2 N–H and O–H groups in total. The minimum absolute atomic E-state index is 0.0543. The largest absolute Gasteiger partial charge is 0.480 e. The summed E-state index contributed by atoms with van der Waals surface area (Å²) in [5.74, 6) is 0.922. The fourth-order valence-corrected chi connectivity index (χ4v) is 3.73. The summed E-state index contributed by atoms with van der Waals surface area (Å²) in [7, 11) is 0. The molecule has 0 saturated heterocycles. The SMILES string of the molecule is O=C(NCc1nnc(C2CC2)n1C1CC1)C1=NN(c2ccccc2)C(C(=O)O)C1. The maximum atomic E-state index is 12.7. The zero-order chi connectivity index (χ0) is 20.0. The first-order valence-corrected chi connectivity index (χ1v) is 9.98. The van der Waals surface area contributed by atoms with Crippen molar-refractivity contribution in [3.8, 4) is 0 Å². The summed E-state index contributed by atoms with van der Waals surface area (Å²) in [5, 5.41) is 26.7. The van der Waals surface area contributed by atoms with Crippen molar-refractivity contribution in [2.24, 2.45) is 5.10 Å². The van der Waals surface area contributed by atoms with Gasteiger partial charge < -0.3 is 15.0 Å². The van der Waals surface area contributed by atoms with Crippen molar-refractivity contribution in [3.05, 3.63) is 42.0 Å². The summed E-state index contributed by atoms with van der Waals surface area (Å²) < 4.78 is 2.19. The Hall–Kier alpha value is -3.23. The third kappa shape index (κ3) is 3.48. The lowest BCUT2D eigenvalue weighted by atomic mass is 10.1. The number of hydrazone groups is 1. The van der Waals surface area contributed by atoms with Crippen LogP contribution in [0.5, 0.6) is 0 Å². The second-order valence-electron chi connectivity index (χ2n) is 7.82.